The summed E-state index contributed by atoms with van der Waals surface area (Å²) >= 11 is 0. The van der Waals surface area contributed by atoms with Crippen molar-refractivity contribution in [3.05, 3.63) is 35.4 Å². The maximum atomic E-state index is 12.2. The lowest BCUT2D eigenvalue weighted by Crippen LogP contribution is -2.38. The monoisotopic (exact) mass is 261 g/mol. The summed E-state index contributed by atoms with van der Waals surface area (Å²) in [5, 5.41) is 0. The summed E-state index contributed by atoms with van der Waals surface area (Å²) in [6.45, 7) is 5.00. The zero-order chi connectivity index (χ0) is 13.8. The van der Waals surface area contributed by atoms with Crippen molar-refractivity contribution >= 4 is 5.91 Å². The molecule has 0 aromatic heterocycles. The molecule has 1 saturated heterocycles. The first-order valence-corrected chi connectivity index (χ1v) is 6.82. The molecule has 1 aromatic carbocycles. The highest BCUT2D eigenvalue weighted by Crippen LogP contribution is 2.11. The molecule has 1 heterocycles. The van der Waals surface area contributed by atoms with Crippen LogP contribution in [0.5, 0.6) is 0 Å². The van der Waals surface area contributed by atoms with Crippen LogP contribution < -0.4 is 5.73 Å². The fraction of sp³-hybridized carbons (Fsp3) is 0.533. The molecular weight excluding hydrogens is 238 g/mol. The van der Waals surface area contributed by atoms with Gasteiger partial charge in [-0.1, -0.05) is 24.3 Å². The van der Waals surface area contributed by atoms with Crippen molar-refractivity contribution in [2.75, 3.05) is 26.7 Å². The first-order chi connectivity index (χ1) is 9.06. The van der Waals surface area contributed by atoms with Gasteiger partial charge in [0, 0.05) is 32.7 Å². The topological polar surface area (TPSA) is 49.6 Å². The largest absolute Gasteiger partial charge is 0.340 e. The van der Waals surface area contributed by atoms with Crippen molar-refractivity contribution in [3.63, 3.8) is 0 Å². The number of carbonyl (C=O) groups excluding carboxylic acids is 1. The van der Waals surface area contributed by atoms with Crippen LogP contribution >= 0.6 is 0 Å². The van der Waals surface area contributed by atoms with Gasteiger partial charge in [-0.25, -0.2) is 0 Å². The Balaban J connectivity index is 1.87. The molecule has 4 heteroatoms. The van der Waals surface area contributed by atoms with E-state index >= 15 is 0 Å². The summed E-state index contributed by atoms with van der Waals surface area (Å²) < 4.78 is 0. The molecule has 1 aromatic rings. The Hall–Kier alpha value is -1.39. The maximum Gasteiger partial charge on any atom is 0.236 e. The van der Waals surface area contributed by atoms with E-state index in [9.17, 15) is 4.79 Å². The second-order valence-electron chi connectivity index (χ2n) is 5.46. The number of likely N-dealkylation sites (tertiary alicyclic amines) is 1. The van der Waals surface area contributed by atoms with E-state index in [0.717, 1.165) is 19.5 Å². The lowest BCUT2D eigenvalue weighted by molar-refractivity contribution is -0.131. The molecule has 0 saturated carbocycles. The predicted octanol–water partition coefficient (Wildman–Crippen LogP) is 0.986. The van der Waals surface area contributed by atoms with E-state index in [1.807, 2.05) is 19.2 Å². The quantitative estimate of drug-likeness (QED) is 0.879. The van der Waals surface area contributed by atoms with E-state index in [0.29, 0.717) is 13.1 Å². The average molecular weight is 261 g/mol. The zero-order valence-electron chi connectivity index (χ0n) is 11.8. The Morgan fingerprint density at radius 1 is 1.47 bits per heavy atom. The molecule has 1 atom stereocenters. The van der Waals surface area contributed by atoms with Crippen molar-refractivity contribution < 1.29 is 4.79 Å². The minimum absolute atomic E-state index is 0.164. The summed E-state index contributed by atoms with van der Waals surface area (Å²) in [6, 6.07) is 8.42. The third-order valence-corrected chi connectivity index (χ3v) is 3.76. The number of amides is 1. The van der Waals surface area contributed by atoms with Crippen LogP contribution in [0.1, 0.15) is 17.5 Å². The summed E-state index contributed by atoms with van der Waals surface area (Å²) in [4.78, 5) is 16.1. The van der Waals surface area contributed by atoms with E-state index in [-0.39, 0.29) is 11.9 Å². The Bertz CT molecular complexity index is 447. The number of rotatable bonds is 4. The van der Waals surface area contributed by atoms with Gasteiger partial charge in [-0.15, -0.1) is 0 Å². The molecule has 0 aliphatic carbocycles. The van der Waals surface area contributed by atoms with Gasteiger partial charge in [0.2, 0.25) is 5.91 Å². The second-order valence-corrected chi connectivity index (χ2v) is 5.46. The number of likely N-dealkylation sites (N-methyl/N-ethyl adjacent to an activating group) is 1. The van der Waals surface area contributed by atoms with Crippen LogP contribution in [-0.4, -0.2) is 48.4 Å². The van der Waals surface area contributed by atoms with Crippen molar-refractivity contribution in [1.82, 2.24) is 9.80 Å². The van der Waals surface area contributed by atoms with E-state index in [1.54, 1.807) is 4.90 Å². The molecule has 2 rings (SSSR count). The highest BCUT2D eigenvalue weighted by molar-refractivity contribution is 5.78. The summed E-state index contributed by atoms with van der Waals surface area (Å²) in [5.41, 5.74) is 8.29. The number of aryl methyl sites for hydroxylation is 1. The fourth-order valence-corrected chi connectivity index (χ4v) is 2.45. The third-order valence-electron chi connectivity index (χ3n) is 3.76. The predicted molar refractivity (Wildman–Crippen MR) is 76.7 cm³/mol. The van der Waals surface area contributed by atoms with Crippen LogP contribution in [-0.2, 0) is 11.3 Å². The molecule has 1 aliphatic rings. The number of hydrogen-bond donors (Lipinski definition) is 1. The van der Waals surface area contributed by atoms with Gasteiger partial charge >= 0.3 is 0 Å². The van der Waals surface area contributed by atoms with Gasteiger partial charge in [0.05, 0.1) is 6.54 Å². The Morgan fingerprint density at radius 2 is 2.21 bits per heavy atom. The minimum atomic E-state index is 0.164. The minimum Gasteiger partial charge on any atom is -0.340 e. The Labute approximate surface area is 115 Å². The van der Waals surface area contributed by atoms with Crippen LogP contribution in [0.4, 0.5) is 0 Å². The molecule has 1 fully saturated rings. The van der Waals surface area contributed by atoms with Gasteiger partial charge < -0.3 is 10.6 Å². The number of carbonyl (C=O) groups is 1. The maximum absolute atomic E-state index is 12.2. The number of hydrogen-bond acceptors (Lipinski definition) is 3. The normalized spacial score (nSPS) is 19.6. The van der Waals surface area contributed by atoms with Gasteiger partial charge in [-0.2, -0.15) is 0 Å². The van der Waals surface area contributed by atoms with Crippen molar-refractivity contribution in [2.45, 2.75) is 25.9 Å². The Kier molecular flexibility index (Phi) is 4.56. The van der Waals surface area contributed by atoms with Crippen LogP contribution in [0.3, 0.4) is 0 Å². The first-order valence-electron chi connectivity index (χ1n) is 6.82. The van der Waals surface area contributed by atoms with Gasteiger partial charge in [0.25, 0.3) is 0 Å². The van der Waals surface area contributed by atoms with Gasteiger partial charge in [0.1, 0.15) is 0 Å². The van der Waals surface area contributed by atoms with Crippen LogP contribution in [0.2, 0.25) is 0 Å². The van der Waals surface area contributed by atoms with E-state index in [2.05, 4.69) is 24.0 Å². The van der Waals surface area contributed by atoms with Crippen LogP contribution in [0.15, 0.2) is 24.3 Å². The molecule has 1 amide bonds. The number of benzene rings is 1. The van der Waals surface area contributed by atoms with Gasteiger partial charge in [-0.3, -0.25) is 9.69 Å². The van der Waals surface area contributed by atoms with E-state index in [4.69, 9.17) is 5.73 Å². The molecule has 0 spiro atoms. The van der Waals surface area contributed by atoms with Gasteiger partial charge in [-0.05, 0) is 24.5 Å². The number of nitrogens with two attached hydrogens (primary N) is 1. The molecule has 1 aliphatic heterocycles. The van der Waals surface area contributed by atoms with Crippen molar-refractivity contribution in [2.24, 2.45) is 5.73 Å². The number of nitrogens with zero attached hydrogens (tertiary/aromatic N) is 2. The molecule has 0 radical (unpaired) electrons. The van der Waals surface area contributed by atoms with Crippen molar-refractivity contribution in [1.29, 1.82) is 0 Å². The fourth-order valence-electron chi connectivity index (χ4n) is 2.45. The highest BCUT2D eigenvalue weighted by atomic mass is 16.2. The smallest absolute Gasteiger partial charge is 0.236 e. The molecule has 0 unspecified atom stereocenters. The van der Waals surface area contributed by atoms with E-state index in [1.165, 1.54) is 11.1 Å². The van der Waals surface area contributed by atoms with Crippen LogP contribution in [0, 0.1) is 6.92 Å². The van der Waals surface area contributed by atoms with Gasteiger partial charge in [0.15, 0.2) is 0 Å². The summed E-state index contributed by atoms with van der Waals surface area (Å²) in [5.74, 6) is 0.164. The molecule has 2 N–H and O–H groups in total. The standard InChI is InChI=1S/C15H23N3O/c1-12-5-3-4-6-13(12)9-17(2)15(19)11-18-8-7-14(16)10-18/h3-6,14H,7-11,16H2,1-2H3/t14-/m1/s1. The lowest BCUT2D eigenvalue weighted by Gasteiger charge is -2.22. The average Bonchev–Trinajstić information content (AvgIpc) is 2.77. The summed E-state index contributed by atoms with van der Waals surface area (Å²) in [6.07, 6.45) is 0.995. The van der Waals surface area contributed by atoms with E-state index < -0.39 is 0 Å². The molecule has 104 valence electrons. The molecule has 4 nitrogen and oxygen atoms in total. The lowest BCUT2D eigenvalue weighted by atomic mass is 10.1. The third kappa shape index (κ3) is 3.78. The molecule has 19 heavy (non-hydrogen) atoms. The molecular formula is C15H23N3O. The van der Waals surface area contributed by atoms with Crippen molar-refractivity contribution in [3.8, 4) is 0 Å². The first kappa shape index (κ1) is 14.0. The summed E-state index contributed by atoms with van der Waals surface area (Å²) in [7, 11) is 1.87. The highest BCUT2D eigenvalue weighted by Gasteiger charge is 2.22. The zero-order valence-corrected chi connectivity index (χ0v) is 11.8. The second kappa shape index (κ2) is 6.17. The molecule has 0 bridgehead atoms. The Morgan fingerprint density at radius 3 is 2.84 bits per heavy atom. The SMILES string of the molecule is Cc1ccccc1CN(C)C(=O)CN1CC[C@@H](N)C1. The van der Waals surface area contributed by atoms with Crippen LogP contribution in [0.25, 0.3) is 0 Å².